The number of hydrogen-bond acceptors (Lipinski definition) is 3. The van der Waals surface area contributed by atoms with Crippen molar-refractivity contribution in [2.24, 2.45) is 13.0 Å². The zero-order valence-corrected chi connectivity index (χ0v) is 12.4. The first-order chi connectivity index (χ1) is 9.20. The molecule has 20 heavy (non-hydrogen) atoms. The first kappa shape index (κ1) is 15.4. The van der Waals surface area contributed by atoms with Crippen LogP contribution < -0.4 is 4.72 Å². The summed E-state index contributed by atoms with van der Waals surface area (Å²) >= 11 is 0. The highest BCUT2D eigenvalue weighted by Crippen LogP contribution is 2.35. The highest BCUT2D eigenvalue weighted by Gasteiger charge is 2.35. The van der Waals surface area contributed by atoms with Crippen molar-refractivity contribution < 1.29 is 17.2 Å². The predicted octanol–water partition coefficient (Wildman–Crippen LogP) is 1.83. The molecule has 2 rings (SSSR count). The fraction of sp³-hybridized carbons (Fsp3) is 0.750. The second kappa shape index (κ2) is 5.40. The molecule has 1 N–H and O–H groups in total. The molecule has 0 saturated heterocycles. The Morgan fingerprint density at radius 3 is 2.55 bits per heavy atom. The number of aryl methyl sites for hydroxylation is 2. The van der Waals surface area contributed by atoms with Crippen molar-refractivity contribution >= 4 is 10.0 Å². The maximum atomic E-state index is 13.0. The lowest BCUT2D eigenvalue weighted by atomic mass is 9.87. The number of hydrogen-bond donors (Lipinski definition) is 1. The molecule has 0 spiro atoms. The Hall–Kier alpha value is -1.02. The van der Waals surface area contributed by atoms with Crippen molar-refractivity contribution in [3.05, 3.63) is 11.9 Å². The molecule has 1 fully saturated rings. The van der Waals surface area contributed by atoms with Crippen molar-refractivity contribution in [2.75, 3.05) is 6.54 Å². The largest absolute Gasteiger partial charge is 0.274 e. The third-order valence-electron chi connectivity index (χ3n) is 3.66. The van der Waals surface area contributed by atoms with E-state index in [0.29, 0.717) is 18.5 Å². The van der Waals surface area contributed by atoms with E-state index in [4.69, 9.17) is 0 Å². The lowest BCUT2D eigenvalue weighted by Crippen LogP contribution is -2.34. The van der Waals surface area contributed by atoms with Crippen LogP contribution in [0.4, 0.5) is 8.78 Å². The summed E-state index contributed by atoms with van der Waals surface area (Å²) in [6.07, 6.45) is 1.81. The van der Waals surface area contributed by atoms with Gasteiger partial charge in [0.05, 0.1) is 5.69 Å². The zero-order chi connectivity index (χ0) is 15.0. The van der Waals surface area contributed by atoms with Gasteiger partial charge in [-0.05, 0) is 25.7 Å². The molecule has 0 radical (unpaired) electrons. The van der Waals surface area contributed by atoms with Gasteiger partial charge in [0.2, 0.25) is 15.9 Å². The van der Waals surface area contributed by atoms with Crippen LogP contribution in [0.3, 0.4) is 0 Å². The molecule has 8 heteroatoms. The maximum Gasteiger partial charge on any atom is 0.248 e. The number of rotatable bonds is 4. The lowest BCUT2D eigenvalue weighted by molar-refractivity contribution is -0.0450. The number of halogens is 2. The summed E-state index contributed by atoms with van der Waals surface area (Å²) in [6.45, 7) is 1.82. The van der Waals surface area contributed by atoms with Crippen molar-refractivity contribution in [1.82, 2.24) is 14.5 Å². The standard InChI is InChI=1S/C12H19F2N3O2S/c1-9-11(8-17(2)16-9)20(18,19)15-7-10-3-5-12(13,14)6-4-10/h8,10,15H,3-7H2,1-2H3. The highest BCUT2D eigenvalue weighted by molar-refractivity contribution is 7.89. The third-order valence-corrected chi connectivity index (χ3v) is 5.18. The van der Waals surface area contributed by atoms with Gasteiger partial charge in [0.1, 0.15) is 4.90 Å². The maximum absolute atomic E-state index is 13.0. The Balaban J connectivity index is 1.95. The molecule has 0 aliphatic heterocycles. The number of aromatic nitrogens is 2. The van der Waals surface area contributed by atoms with Crippen molar-refractivity contribution in [1.29, 1.82) is 0 Å². The van der Waals surface area contributed by atoms with Gasteiger partial charge in [0.15, 0.2) is 0 Å². The van der Waals surface area contributed by atoms with Gasteiger partial charge >= 0.3 is 0 Å². The van der Waals surface area contributed by atoms with Gasteiger partial charge < -0.3 is 0 Å². The molecular weight excluding hydrogens is 288 g/mol. The van der Waals surface area contributed by atoms with Crippen molar-refractivity contribution in [3.8, 4) is 0 Å². The molecule has 1 aliphatic carbocycles. The summed E-state index contributed by atoms with van der Waals surface area (Å²) in [5, 5.41) is 3.99. The molecule has 114 valence electrons. The Morgan fingerprint density at radius 1 is 1.45 bits per heavy atom. The minimum absolute atomic E-state index is 0.0265. The minimum Gasteiger partial charge on any atom is -0.274 e. The summed E-state index contributed by atoms with van der Waals surface area (Å²) in [5.41, 5.74) is 0.426. The van der Waals surface area contributed by atoms with Crippen molar-refractivity contribution in [3.63, 3.8) is 0 Å². The highest BCUT2D eigenvalue weighted by atomic mass is 32.2. The average molecular weight is 307 g/mol. The second-order valence-corrected chi connectivity index (χ2v) is 7.14. The Bertz CT molecular complexity index is 574. The van der Waals surface area contributed by atoms with E-state index in [1.54, 1.807) is 14.0 Å². The molecule has 0 aromatic carbocycles. The molecule has 5 nitrogen and oxygen atoms in total. The molecule has 1 aliphatic rings. The topological polar surface area (TPSA) is 64.0 Å². The van der Waals surface area contributed by atoms with Crippen LogP contribution in [0.2, 0.25) is 0 Å². The first-order valence-electron chi connectivity index (χ1n) is 6.57. The third kappa shape index (κ3) is 3.54. The van der Waals surface area contributed by atoms with Crippen LogP contribution in [0.5, 0.6) is 0 Å². The monoisotopic (exact) mass is 307 g/mol. The molecule has 1 aromatic rings. The minimum atomic E-state index is -3.62. The van der Waals surface area contributed by atoms with Crippen LogP contribution in [0.25, 0.3) is 0 Å². The molecular formula is C12H19F2N3O2S. The van der Waals surface area contributed by atoms with Crippen LogP contribution in [0.15, 0.2) is 11.1 Å². The number of nitrogens with zero attached hydrogens (tertiary/aromatic N) is 2. The molecule has 0 bridgehead atoms. The molecule has 1 saturated carbocycles. The van der Waals surface area contributed by atoms with Gasteiger partial charge in [-0.15, -0.1) is 0 Å². The van der Waals surface area contributed by atoms with E-state index in [1.165, 1.54) is 10.9 Å². The van der Waals surface area contributed by atoms with Gasteiger partial charge in [0.25, 0.3) is 0 Å². The molecule has 0 unspecified atom stereocenters. The SMILES string of the molecule is Cc1nn(C)cc1S(=O)(=O)NCC1CCC(F)(F)CC1. The van der Waals surface area contributed by atoms with Crippen LogP contribution in [-0.4, -0.2) is 30.7 Å². The van der Waals surface area contributed by atoms with E-state index < -0.39 is 15.9 Å². The number of nitrogens with one attached hydrogen (secondary N) is 1. The quantitative estimate of drug-likeness (QED) is 0.923. The van der Waals surface area contributed by atoms with Crippen LogP contribution in [0, 0.1) is 12.8 Å². The first-order valence-corrected chi connectivity index (χ1v) is 8.06. The van der Waals surface area contributed by atoms with E-state index in [-0.39, 0.29) is 30.2 Å². The zero-order valence-electron chi connectivity index (χ0n) is 11.6. The average Bonchev–Trinajstić information content (AvgIpc) is 2.68. The summed E-state index contributed by atoms with van der Waals surface area (Å²) < 4.78 is 54.2. The van der Waals surface area contributed by atoms with E-state index in [0.717, 1.165) is 0 Å². The summed E-state index contributed by atoms with van der Waals surface area (Å²) in [4.78, 5) is 0.140. The fourth-order valence-corrected chi connectivity index (χ4v) is 3.78. The van der Waals surface area contributed by atoms with Crippen molar-refractivity contribution in [2.45, 2.75) is 43.4 Å². The van der Waals surface area contributed by atoms with Gasteiger partial charge in [-0.1, -0.05) is 0 Å². The number of sulfonamides is 1. The van der Waals surface area contributed by atoms with Gasteiger partial charge in [0, 0.05) is 32.6 Å². The predicted molar refractivity (Wildman–Crippen MR) is 70.0 cm³/mol. The normalized spacial score (nSPS) is 20.2. The van der Waals surface area contributed by atoms with E-state index in [2.05, 4.69) is 9.82 Å². The molecule has 0 amide bonds. The Labute approximate surface area is 117 Å². The van der Waals surface area contributed by atoms with Gasteiger partial charge in [-0.3, -0.25) is 4.68 Å². The Kier molecular flexibility index (Phi) is 4.15. The van der Waals surface area contributed by atoms with Crippen LogP contribution in [0.1, 0.15) is 31.4 Å². The molecule has 1 aromatic heterocycles. The summed E-state index contributed by atoms with van der Waals surface area (Å²) in [7, 11) is -1.97. The molecule has 1 heterocycles. The number of alkyl halides is 2. The summed E-state index contributed by atoms with van der Waals surface area (Å²) in [5.74, 6) is -2.61. The van der Waals surface area contributed by atoms with E-state index in [1.807, 2.05) is 0 Å². The Morgan fingerprint density at radius 2 is 2.05 bits per heavy atom. The van der Waals surface area contributed by atoms with Gasteiger partial charge in [-0.25, -0.2) is 21.9 Å². The second-order valence-electron chi connectivity index (χ2n) is 5.40. The van der Waals surface area contributed by atoms with E-state index >= 15 is 0 Å². The summed E-state index contributed by atoms with van der Waals surface area (Å²) in [6, 6.07) is 0. The van der Waals surface area contributed by atoms with Gasteiger partial charge in [-0.2, -0.15) is 5.10 Å². The van der Waals surface area contributed by atoms with Crippen LogP contribution in [-0.2, 0) is 17.1 Å². The van der Waals surface area contributed by atoms with E-state index in [9.17, 15) is 17.2 Å². The fourth-order valence-electron chi connectivity index (χ4n) is 2.45. The van der Waals surface area contributed by atoms with Crippen LogP contribution >= 0.6 is 0 Å². The smallest absolute Gasteiger partial charge is 0.248 e. The molecule has 0 atom stereocenters. The lowest BCUT2D eigenvalue weighted by Gasteiger charge is -2.28.